The van der Waals surface area contributed by atoms with Crippen LogP contribution in [0.15, 0.2) is 70.3 Å². The summed E-state index contributed by atoms with van der Waals surface area (Å²) in [6.07, 6.45) is 0.677. The average molecular weight is 464 g/mol. The van der Waals surface area contributed by atoms with Crippen LogP contribution >= 0.6 is 0 Å². The number of anilines is 2. The quantitative estimate of drug-likeness (QED) is 0.428. The first-order valence-corrected chi connectivity index (χ1v) is 11.5. The van der Waals surface area contributed by atoms with Gasteiger partial charge in [-0.25, -0.2) is 4.79 Å². The lowest BCUT2D eigenvalue weighted by Gasteiger charge is -2.26. The van der Waals surface area contributed by atoms with Crippen LogP contribution in [-0.2, 0) is 11.3 Å². The fourth-order valence-electron chi connectivity index (χ4n) is 3.71. The number of H-pyrrole nitrogens is 1. The highest BCUT2D eigenvalue weighted by atomic mass is 16.2. The predicted octanol–water partition coefficient (Wildman–Crippen LogP) is 2.90. The standard InChI is InChI=1S/C26H33N5O3/c1-18(2)14-15-30(22(32)16-28-19(3)21-12-8-5-9-13-21)23-24(27)31(26(34)29-25(23)33)17-20-10-6-4-7-11-20/h4-13,18-19,28H,14-17,27H2,1-3H3,(H,29,33,34)/t19-/m0/s1. The van der Waals surface area contributed by atoms with Crippen LogP contribution in [0, 0.1) is 5.92 Å². The number of nitrogen functional groups attached to an aromatic ring is 1. The number of rotatable bonds is 10. The minimum absolute atomic E-state index is 0.00958. The van der Waals surface area contributed by atoms with E-state index in [2.05, 4.69) is 10.3 Å². The van der Waals surface area contributed by atoms with E-state index in [-0.39, 0.29) is 36.5 Å². The Morgan fingerprint density at radius 3 is 2.26 bits per heavy atom. The monoisotopic (exact) mass is 463 g/mol. The number of benzene rings is 2. The van der Waals surface area contributed by atoms with Crippen molar-refractivity contribution < 1.29 is 4.79 Å². The first kappa shape index (κ1) is 25.0. The highest BCUT2D eigenvalue weighted by Gasteiger charge is 2.24. The van der Waals surface area contributed by atoms with Crippen molar-refractivity contribution in [3.05, 3.63) is 92.6 Å². The molecule has 0 radical (unpaired) electrons. The van der Waals surface area contributed by atoms with Gasteiger partial charge in [0.1, 0.15) is 5.82 Å². The Labute approximate surface area is 199 Å². The number of nitrogens with zero attached hydrogens (tertiary/aromatic N) is 2. The molecule has 0 saturated heterocycles. The predicted molar refractivity (Wildman–Crippen MR) is 136 cm³/mol. The van der Waals surface area contributed by atoms with Gasteiger partial charge in [-0.15, -0.1) is 0 Å². The number of amides is 1. The van der Waals surface area contributed by atoms with Crippen molar-refractivity contribution in [1.29, 1.82) is 0 Å². The molecule has 8 nitrogen and oxygen atoms in total. The van der Waals surface area contributed by atoms with Crippen LogP contribution in [-0.4, -0.2) is 28.5 Å². The van der Waals surface area contributed by atoms with Crippen LogP contribution in [0.1, 0.15) is 44.4 Å². The number of carbonyl (C=O) groups is 1. The summed E-state index contributed by atoms with van der Waals surface area (Å²) < 4.78 is 1.29. The number of aromatic nitrogens is 2. The normalized spacial score (nSPS) is 12.0. The second-order valence-corrected chi connectivity index (χ2v) is 8.81. The number of nitrogens with two attached hydrogens (primary N) is 1. The van der Waals surface area contributed by atoms with E-state index < -0.39 is 11.2 Å². The third-order valence-electron chi connectivity index (χ3n) is 5.76. The highest BCUT2D eigenvalue weighted by molar-refractivity contribution is 5.96. The Morgan fingerprint density at radius 2 is 1.65 bits per heavy atom. The number of nitrogens with one attached hydrogen (secondary N) is 2. The lowest BCUT2D eigenvalue weighted by atomic mass is 10.1. The van der Waals surface area contributed by atoms with E-state index >= 15 is 0 Å². The Morgan fingerprint density at radius 1 is 1.03 bits per heavy atom. The third kappa shape index (κ3) is 6.23. The van der Waals surface area contributed by atoms with Gasteiger partial charge in [0.2, 0.25) is 5.91 Å². The van der Waals surface area contributed by atoms with Gasteiger partial charge in [-0.05, 0) is 30.4 Å². The number of hydrogen-bond donors (Lipinski definition) is 3. The van der Waals surface area contributed by atoms with Crippen LogP contribution in [0.5, 0.6) is 0 Å². The molecule has 8 heteroatoms. The summed E-state index contributed by atoms with van der Waals surface area (Å²) >= 11 is 0. The molecule has 1 heterocycles. The zero-order chi connectivity index (χ0) is 24.7. The summed E-state index contributed by atoms with van der Waals surface area (Å²) in [7, 11) is 0. The molecule has 4 N–H and O–H groups in total. The average Bonchev–Trinajstić information content (AvgIpc) is 2.83. The summed E-state index contributed by atoms with van der Waals surface area (Å²) in [5.74, 6) is -0.00149. The SMILES string of the molecule is CC(C)CCN(C(=O)CN[C@@H](C)c1ccccc1)c1c(N)n(Cc2ccccc2)c(=O)[nH]c1=O. The molecule has 0 aliphatic rings. The van der Waals surface area contributed by atoms with Crippen molar-refractivity contribution >= 4 is 17.4 Å². The van der Waals surface area contributed by atoms with Gasteiger partial charge in [-0.2, -0.15) is 0 Å². The molecule has 0 aliphatic carbocycles. The largest absolute Gasteiger partial charge is 0.383 e. The first-order valence-electron chi connectivity index (χ1n) is 11.5. The van der Waals surface area contributed by atoms with E-state index in [4.69, 9.17) is 5.73 Å². The molecule has 0 fully saturated rings. The minimum Gasteiger partial charge on any atom is -0.383 e. The summed E-state index contributed by atoms with van der Waals surface area (Å²) in [4.78, 5) is 42.5. The summed E-state index contributed by atoms with van der Waals surface area (Å²) in [5, 5.41) is 3.23. The molecule has 1 atom stereocenters. The van der Waals surface area contributed by atoms with Crippen molar-refractivity contribution in [1.82, 2.24) is 14.9 Å². The van der Waals surface area contributed by atoms with Crippen molar-refractivity contribution in [2.45, 2.75) is 39.8 Å². The highest BCUT2D eigenvalue weighted by Crippen LogP contribution is 2.20. The lowest BCUT2D eigenvalue weighted by molar-refractivity contribution is -0.118. The Kier molecular flexibility index (Phi) is 8.43. The molecule has 1 amide bonds. The molecule has 0 aliphatic heterocycles. The van der Waals surface area contributed by atoms with Gasteiger partial charge in [0.15, 0.2) is 5.69 Å². The Hall–Kier alpha value is -3.65. The molecular weight excluding hydrogens is 430 g/mol. The summed E-state index contributed by atoms with van der Waals surface area (Å²) in [5.41, 5.74) is 7.00. The molecule has 3 rings (SSSR count). The van der Waals surface area contributed by atoms with Crippen LogP contribution in [0.2, 0.25) is 0 Å². The maximum absolute atomic E-state index is 13.3. The number of aromatic amines is 1. The van der Waals surface area contributed by atoms with Crippen LogP contribution in [0.4, 0.5) is 11.5 Å². The van der Waals surface area contributed by atoms with Gasteiger partial charge in [-0.3, -0.25) is 19.1 Å². The number of carbonyl (C=O) groups excluding carboxylic acids is 1. The maximum Gasteiger partial charge on any atom is 0.330 e. The molecule has 2 aromatic carbocycles. The molecule has 0 spiro atoms. The van der Waals surface area contributed by atoms with Crippen molar-refractivity contribution in [2.75, 3.05) is 23.7 Å². The van der Waals surface area contributed by atoms with Crippen molar-refractivity contribution in [2.24, 2.45) is 5.92 Å². The van der Waals surface area contributed by atoms with E-state index in [1.165, 1.54) is 9.47 Å². The van der Waals surface area contributed by atoms with Gasteiger partial charge >= 0.3 is 5.69 Å². The molecule has 0 saturated carbocycles. The first-order chi connectivity index (χ1) is 16.3. The second kappa shape index (κ2) is 11.5. The molecule has 34 heavy (non-hydrogen) atoms. The van der Waals surface area contributed by atoms with Gasteiger partial charge in [0.05, 0.1) is 13.1 Å². The lowest BCUT2D eigenvalue weighted by Crippen LogP contribution is -2.45. The van der Waals surface area contributed by atoms with E-state index in [1.807, 2.05) is 81.4 Å². The molecule has 180 valence electrons. The fourth-order valence-corrected chi connectivity index (χ4v) is 3.71. The maximum atomic E-state index is 13.3. The van der Waals surface area contributed by atoms with Crippen molar-refractivity contribution in [3.8, 4) is 0 Å². The molecule has 0 unspecified atom stereocenters. The molecule has 0 bridgehead atoms. The second-order valence-electron chi connectivity index (χ2n) is 8.81. The summed E-state index contributed by atoms with van der Waals surface area (Å²) in [6.45, 7) is 6.58. The Bertz CT molecular complexity index is 1200. The van der Waals surface area contributed by atoms with E-state index in [0.29, 0.717) is 18.9 Å². The third-order valence-corrected chi connectivity index (χ3v) is 5.76. The van der Waals surface area contributed by atoms with Crippen LogP contribution in [0.3, 0.4) is 0 Å². The minimum atomic E-state index is -0.667. The smallest absolute Gasteiger partial charge is 0.330 e. The molecule has 3 aromatic rings. The zero-order valence-electron chi connectivity index (χ0n) is 20.0. The number of hydrogen-bond acceptors (Lipinski definition) is 5. The van der Waals surface area contributed by atoms with E-state index in [1.54, 1.807) is 0 Å². The molecule has 1 aromatic heterocycles. The van der Waals surface area contributed by atoms with E-state index in [0.717, 1.165) is 11.1 Å². The molecular formula is C26H33N5O3. The van der Waals surface area contributed by atoms with Gasteiger partial charge in [-0.1, -0.05) is 74.5 Å². The van der Waals surface area contributed by atoms with Crippen molar-refractivity contribution in [3.63, 3.8) is 0 Å². The summed E-state index contributed by atoms with van der Waals surface area (Å²) in [6, 6.07) is 19.1. The van der Waals surface area contributed by atoms with Gasteiger partial charge < -0.3 is 16.0 Å². The fraction of sp³-hybridized carbons (Fsp3) is 0.346. The Balaban J connectivity index is 1.91. The van der Waals surface area contributed by atoms with Gasteiger partial charge in [0.25, 0.3) is 5.56 Å². The topological polar surface area (TPSA) is 113 Å². The van der Waals surface area contributed by atoms with Crippen LogP contribution in [0.25, 0.3) is 0 Å². The zero-order valence-corrected chi connectivity index (χ0v) is 20.0. The van der Waals surface area contributed by atoms with Crippen LogP contribution < -0.4 is 27.2 Å². The van der Waals surface area contributed by atoms with Gasteiger partial charge in [0, 0.05) is 12.6 Å². The van der Waals surface area contributed by atoms with E-state index in [9.17, 15) is 14.4 Å².